The van der Waals surface area contributed by atoms with Gasteiger partial charge in [0.15, 0.2) is 16.7 Å². The number of aromatic nitrogens is 3. The number of thiophene rings is 1. The van der Waals surface area contributed by atoms with Crippen molar-refractivity contribution in [1.29, 1.82) is 0 Å². The maximum absolute atomic E-state index is 12.5. The van der Waals surface area contributed by atoms with Gasteiger partial charge in [-0.3, -0.25) is 9.36 Å². The standard InChI is InChI=1S/C24H22N4O3S2/c29-23(25-14-18-15-30-20-10-4-5-11-21(20)31-18)16-33-24-27-26-22(13-19-9-6-12-32-19)28(24)17-7-2-1-3-8-17/h1-12,18H,13-16H2,(H,25,29)/t18-/m0/s1. The van der Waals surface area contributed by atoms with Crippen LogP contribution in [-0.2, 0) is 11.2 Å². The van der Waals surface area contributed by atoms with Crippen LogP contribution in [-0.4, -0.2) is 45.7 Å². The summed E-state index contributed by atoms with van der Waals surface area (Å²) in [5, 5.41) is 14.5. The van der Waals surface area contributed by atoms with Crippen molar-refractivity contribution in [3.05, 3.63) is 82.8 Å². The van der Waals surface area contributed by atoms with Crippen molar-refractivity contribution >= 4 is 29.0 Å². The number of benzene rings is 2. The van der Waals surface area contributed by atoms with Crippen LogP contribution < -0.4 is 14.8 Å². The zero-order valence-electron chi connectivity index (χ0n) is 17.7. The smallest absolute Gasteiger partial charge is 0.230 e. The predicted molar refractivity (Wildman–Crippen MR) is 129 cm³/mol. The maximum atomic E-state index is 12.5. The molecule has 1 N–H and O–H groups in total. The van der Waals surface area contributed by atoms with Gasteiger partial charge in [0.2, 0.25) is 5.91 Å². The average molecular weight is 479 g/mol. The number of carbonyl (C=O) groups is 1. The summed E-state index contributed by atoms with van der Waals surface area (Å²) < 4.78 is 13.6. The molecule has 1 aliphatic heterocycles. The summed E-state index contributed by atoms with van der Waals surface area (Å²) in [5.41, 5.74) is 0.975. The predicted octanol–water partition coefficient (Wildman–Crippen LogP) is 3.97. The number of rotatable bonds is 8. The summed E-state index contributed by atoms with van der Waals surface area (Å²) >= 11 is 3.06. The molecule has 4 aromatic rings. The SMILES string of the molecule is O=C(CSc1nnc(Cc2cccs2)n1-c1ccccc1)NC[C@H]1COc2ccccc2O1. The van der Waals surface area contributed by atoms with Gasteiger partial charge in [0, 0.05) is 17.0 Å². The number of ether oxygens (including phenoxy) is 2. The van der Waals surface area contributed by atoms with Gasteiger partial charge in [-0.25, -0.2) is 0 Å². The Morgan fingerprint density at radius 1 is 1.06 bits per heavy atom. The lowest BCUT2D eigenvalue weighted by atomic mass is 10.2. The Bertz CT molecular complexity index is 1210. The van der Waals surface area contributed by atoms with Gasteiger partial charge in [0.1, 0.15) is 18.5 Å². The number of nitrogens with zero attached hydrogens (tertiary/aromatic N) is 3. The van der Waals surface area contributed by atoms with E-state index in [1.165, 1.54) is 16.6 Å². The number of hydrogen-bond acceptors (Lipinski definition) is 7. The van der Waals surface area contributed by atoms with Crippen LogP contribution in [0.1, 0.15) is 10.7 Å². The van der Waals surface area contributed by atoms with E-state index < -0.39 is 0 Å². The fourth-order valence-corrected chi connectivity index (χ4v) is 4.99. The van der Waals surface area contributed by atoms with Crippen LogP contribution in [0.5, 0.6) is 11.5 Å². The third kappa shape index (κ3) is 5.20. The molecule has 0 unspecified atom stereocenters. The molecule has 3 heterocycles. The van der Waals surface area contributed by atoms with E-state index in [0.717, 1.165) is 17.3 Å². The van der Waals surface area contributed by atoms with Crippen molar-refractivity contribution < 1.29 is 14.3 Å². The van der Waals surface area contributed by atoms with E-state index in [9.17, 15) is 4.79 Å². The lowest BCUT2D eigenvalue weighted by Gasteiger charge is -2.26. The van der Waals surface area contributed by atoms with Gasteiger partial charge in [-0.1, -0.05) is 48.2 Å². The van der Waals surface area contributed by atoms with Crippen molar-refractivity contribution in [1.82, 2.24) is 20.1 Å². The van der Waals surface area contributed by atoms with Gasteiger partial charge in [-0.2, -0.15) is 0 Å². The van der Waals surface area contributed by atoms with Gasteiger partial charge < -0.3 is 14.8 Å². The molecule has 0 saturated heterocycles. The first-order valence-corrected chi connectivity index (χ1v) is 12.4. The molecule has 0 bridgehead atoms. The summed E-state index contributed by atoms with van der Waals surface area (Å²) in [6.07, 6.45) is 0.464. The fourth-order valence-electron chi connectivity index (χ4n) is 3.49. The van der Waals surface area contributed by atoms with E-state index in [4.69, 9.17) is 9.47 Å². The third-order valence-corrected chi connectivity index (χ3v) is 6.86. The van der Waals surface area contributed by atoms with E-state index in [0.29, 0.717) is 30.5 Å². The normalized spacial score (nSPS) is 14.7. The van der Waals surface area contributed by atoms with E-state index in [2.05, 4.69) is 27.0 Å². The first-order valence-electron chi connectivity index (χ1n) is 10.6. The van der Waals surface area contributed by atoms with Crippen LogP contribution in [0.15, 0.2) is 77.3 Å². The lowest BCUT2D eigenvalue weighted by molar-refractivity contribution is -0.119. The Morgan fingerprint density at radius 2 is 1.88 bits per heavy atom. The second-order valence-electron chi connectivity index (χ2n) is 7.42. The van der Waals surface area contributed by atoms with Crippen LogP contribution in [0.25, 0.3) is 5.69 Å². The fraction of sp³-hybridized carbons (Fsp3) is 0.208. The largest absolute Gasteiger partial charge is 0.486 e. The highest BCUT2D eigenvalue weighted by Gasteiger charge is 2.22. The van der Waals surface area contributed by atoms with Gasteiger partial charge in [0.05, 0.1) is 12.3 Å². The minimum Gasteiger partial charge on any atom is -0.486 e. The zero-order valence-corrected chi connectivity index (χ0v) is 19.3. The minimum atomic E-state index is -0.223. The molecule has 2 aromatic carbocycles. The van der Waals surface area contributed by atoms with Crippen molar-refractivity contribution in [2.24, 2.45) is 0 Å². The van der Waals surface area contributed by atoms with E-state index in [-0.39, 0.29) is 17.8 Å². The maximum Gasteiger partial charge on any atom is 0.230 e. The monoisotopic (exact) mass is 478 g/mol. The first-order chi connectivity index (χ1) is 16.3. The Hall–Kier alpha value is -3.30. The summed E-state index contributed by atoms with van der Waals surface area (Å²) in [5.74, 6) is 2.41. The number of para-hydroxylation sites is 3. The Labute approximate surface area is 199 Å². The van der Waals surface area contributed by atoms with E-state index in [1.807, 2.05) is 65.2 Å². The van der Waals surface area contributed by atoms with Gasteiger partial charge >= 0.3 is 0 Å². The molecule has 7 nitrogen and oxygen atoms in total. The topological polar surface area (TPSA) is 78.3 Å². The van der Waals surface area contributed by atoms with Crippen LogP contribution >= 0.6 is 23.1 Å². The minimum absolute atomic E-state index is 0.0927. The molecule has 0 spiro atoms. The molecular weight excluding hydrogens is 456 g/mol. The number of nitrogens with one attached hydrogen (secondary N) is 1. The molecule has 1 amide bonds. The number of hydrogen-bond donors (Lipinski definition) is 1. The molecule has 1 atom stereocenters. The Morgan fingerprint density at radius 3 is 2.70 bits per heavy atom. The molecule has 9 heteroatoms. The molecule has 33 heavy (non-hydrogen) atoms. The summed E-state index contributed by atoms with van der Waals surface area (Å²) in [7, 11) is 0. The average Bonchev–Trinajstić information content (AvgIpc) is 3.52. The molecular formula is C24H22N4O3S2. The first kappa shape index (κ1) is 21.5. The zero-order chi connectivity index (χ0) is 22.5. The number of carbonyl (C=O) groups excluding carboxylic acids is 1. The van der Waals surface area contributed by atoms with Crippen molar-refractivity contribution in [3.63, 3.8) is 0 Å². The molecule has 5 rings (SSSR count). The molecule has 0 fully saturated rings. The second kappa shape index (κ2) is 10.1. The second-order valence-corrected chi connectivity index (χ2v) is 9.39. The highest BCUT2D eigenvalue weighted by atomic mass is 32.2. The van der Waals surface area contributed by atoms with Crippen LogP contribution in [0.3, 0.4) is 0 Å². The number of amides is 1. The van der Waals surface area contributed by atoms with Gasteiger partial charge in [-0.15, -0.1) is 21.5 Å². The number of fused-ring (bicyclic) bond motifs is 1. The van der Waals surface area contributed by atoms with Gasteiger partial charge in [0.25, 0.3) is 0 Å². The van der Waals surface area contributed by atoms with Crippen LogP contribution in [0, 0.1) is 0 Å². The molecule has 2 aromatic heterocycles. The van der Waals surface area contributed by atoms with Crippen molar-refractivity contribution in [2.45, 2.75) is 17.7 Å². The number of thioether (sulfide) groups is 1. The van der Waals surface area contributed by atoms with Crippen molar-refractivity contribution in [3.8, 4) is 17.2 Å². The highest BCUT2D eigenvalue weighted by molar-refractivity contribution is 7.99. The highest BCUT2D eigenvalue weighted by Crippen LogP contribution is 2.30. The Kier molecular flexibility index (Phi) is 6.59. The molecule has 0 radical (unpaired) electrons. The molecule has 0 aliphatic carbocycles. The van der Waals surface area contributed by atoms with Crippen molar-refractivity contribution in [2.75, 3.05) is 18.9 Å². The van der Waals surface area contributed by atoms with E-state index >= 15 is 0 Å². The van der Waals surface area contributed by atoms with Gasteiger partial charge in [-0.05, 0) is 35.7 Å². The lowest BCUT2D eigenvalue weighted by Crippen LogP contribution is -2.41. The summed E-state index contributed by atoms with van der Waals surface area (Å²) in [4.78, 5) is 13.7. The van der Waals surface area contributed by atoms with Crippen LogP contribution in [0.4, 0.5) is 0 Å². The van der Waals surface area contributed by atoms with E-state index in [1.54, 1.807) is 11.3 Å². The third-order valence-electron chi connectivity index (χ3n) is 5.05. The summed E-state index contributed by atoms with van der Waals surface area (Å²) in [6, 6.07) is 21.6. The van der Waals surface area contributed by atoms with Crippen LogP contribution in [0.2, 0.25) is 0 Å². The molecule has 0 saturated carbocycles. The molecule has 168 valence electrons. The Balaban J connectivity index is 1.21. The molecule has 1 aliphatic rings. The summed E-state index contributed by atoms with van der Waals surface area (Å²) in [6.45, 7) is 0.779. The quantitative estimate of drug-likeness (QED) is 0.386.